The van der Waals surface area contributed by atoms with Gasteiger partial charge in [-0.2, -0.15) is 0 Å². The van der Waals surface area contributed by atoms with Crippen LogP contribution in [0.25, 0.3) is 6.08 Å². The first kappa shape index (κ1) is 15.3. The molecule has 0 atom stereocenters. The van der Waals surface area contributed by atoms with Crippen molar-refractivity contribution in [3.63, 3.8) is 0 Å². The molecule has 0 radical (unpaired) electrons. The van der Waals surface area contributed by atoms with Gasteiger partial charge in [-0.15, -0.1) is 0 Å². The van der Waals surface area contributed by atoms with Crippen molar-refractivity contribution in [3.8, 4) is 0 Å². The van der Waals surface area contributed by atoms with Gasteiger partial charge in [-0.1, -0.05) is 29.8 Å². The maximum absolute atomic E-state index is 11.6. The van der Waals surface area contributed by atoms with Crippen LogP contribution < -0.4 is 10.6 Å². The summed E-state index contributed by atoms with van der Waals surface area (Å²) in [4.78, 5) is 11.6. The molecule has 19 heavy (non-hydrogen) atoms. The van der Waals surface area contributed by atoms with Crippen LogP contribution in [0.1, 0.15) is 17.5 Å². The van der Waals surface area contributed by atoms with Crippen LogP contribution in [-0.4, -0.2) is 29.3 Å². The molecule has 1 rings (SSSR count). The fourth-order valence-corrected chi connectivity index (χ4v) is 1.53. The van der Waals surface area contributed by atoms with Crippen molar-refractivity contribution < 1.29 is 9.90 Å². The molecule has 0 aliphatic heterocycles. The van der Waals surface area contributed by atoms with Gasteiger partial charge in [0.2, 0.25) is 5.91 Å². The molecule has 1 aromatic carbocycles. The number of thiocarbonyl (C=S) groups is 1. The number of amides is 1. The Kier molecular flexibility index (Phi) is 6.78. The van der Waals surface area contributed by atoms with E-state index in [2.05, 4.69) is 10.6 Å². The fourth-order valence-electron chi connectivity index (χ4n) is 1.33. The summed E-state index contributed by atoms with van der Waals surface area (Å²) in [6.07, 6.45) is 3.75. The third-order valence-electron chi connectivity index (χ3n) is 2.36. The molecule has 0 heterocycles. The van der Waals surface area contributed by atoms with Gasteiger partial charge in [0.25, 0.3) is 0 Å². The number of aliphatic hydroxyl groups is 1. The molecular weight excluding hydrogens is 260 g/mol. The van der Waals surface area contributed by atoms with E-state index in [1.54, 1.807) is 6.08 Å². The van der Waals surface area contributed by atoms with E-state index >= 15 is 0 Å². The average Bonchev–Trinajstić information content (AvgIpc) is 2.38. The number of aryl methyl sites for hydroxylation is 1. The van der Waals surface area contributed by atoms with Gasteiger partial charge in [0.05, 0.1) is 0 Å². The van der Waals surface area contributed by atoms with Gasteiger partial charge in [-0.3, -0.25) is 10.1 Å². The van der Waals surface area contributed by atoms with E-state index in [1.165, 1.54) is 11.6 Å². The number of carbonyl (C=O) groups is 1. The molecule has 0 aliphatic carbocycles. The van der Waals surface area contributed by atoms with E-state index in [0.717, 1.165) is 5.56 Å². The van der Waals surface area contributed by atoms with E-state index in [0.29, 0.717) is 13.0 Å². The van der Waals surface area contributed by atoms with Gasteiger partial charge in [-0.25, -0.2) is 0 Å². The number of benzene rings is 1. The lowest BCUT2D eigenvalue weighted by atomic mass is 10.1. The smallest absolute Gasteiger partial charge is 0.250 e. The Labute approximate surface area is 118 Å². The molecule has 0 bridgehead atoms. The molecule has 0 aliphatic rings. The molecule has 1 aromatic rings. The first-order valence-electron chi connectivity index (χ1n) is 6.06. The molecule has 0 fully saturated rings. The highest BCUT2D eigenvalue weighted by molar-refractivity contribution is 7.80. The summed E-state index contributed by atoms with van der Waals surface area (Å²) in [6, 6.07) is 7.85. The first-order valence-corrected chi connectivity index (χ1v) is 6.47. The molecule has 0 saturated carbocycles. The minimum atomic E-state index is -0.276. The minimum Gasteiger partial charge on any atom is -0.396 e. The second-order valence-electron chi connectivity index (χ2n) is 4.07. The van der Waals surface area contributed by atoms with Crippen LogP contribution >= 0.6 is 12.2 Å². The molecule has 5 heteroatoms. The zero-order valence-electron chi connectivity index (χ0n) is 10.8. The second-order valence-corrected chi connectivity index (χ2v) is 4.47. The van der Waals surface area contributed by atoms with Gasteiger partial charge in [0.15, 0.2) is 5.11 Å². The molecule has 1 amide bonds. The monoisotopic (exact) mass is 278 g/mol. The summed E-state index contributed by atoms with van der Waals surface area (Å²) < 4.78 is 0. The second kappa shape index (κ2) is 8.39. The Bertz CT molecular complexity index is 455. The van der Waals surface area contributed by atoms with Crippen molar-refractivity contribution in [2.24, 2.45) is 0 Å². The van der Waals surface area contributed by atoms with Gasteiger partial charge in [0.1, 0.15) is 0 Å². The van der Waals surface area contributed by atoms with Gasteiger partial charge in [-0.05, 0) is 37.2 Å². The Hall–Kier alpha value is -1.72. The predicted molar refractivity (Wildman–Crippen MR) is 80.7 cm³/mol. The molecule has 0 spiro atoms. The topological polar surface area (TPSA) is 61.4 Å². The number of hydrogen-bond donors (Lipinski definition) is 3. The van der Waals surface area contributed by atoms with Crippen LogP contribution in [0.5, 0.6) is 0 Å². The predicted octanol–water partition coefficient (Wildman–Crippen LogP) is 1.38. The SMILES string of the molecule is Cc1ccc(C=CC(=O)NC(=S)NCCCO)cc1. The van der Waals surface area contributed by atoms with Crippen LogP contribution in [0.15, 0.2) is 30.3 Å². The van der Waals surface area contributed by atoms with E-state index in [-0.39, 0.29) is 17.6 Å². The summed E-state index contributed by atoms with van der Waals surface area (Å²) in [7, 11) is 0. The van der Waals surface area contributed by atoms with Crippen LogP contribution in [-0.2, 0) is 4.79 Å². The summed E-state index contributed by atoms with van der Waals surface area (Å²) in [5.41, 5.74) is 2.13. The maximum Gasteiger partial charge on any atom is 0.250 e. The molecule has 0 saturated heterocycles. The third kappa shape index (κ3) is 6.69. The number of nitrogens with one attached hydrogen (secondary N) is 2. The van der Waals surface area contributed by atoms with Crippen molar-refractivity contribution in [1.29, 1.82) is 0 Å². The highest BCUT2D eigenvalue weighted by Crippen LogP contribution is 2.04. The molecule has 0 unspecified atom stereocenters. The standard InChI is InChI=1S/C14H18N2O2S/c1-11-3-5-12(6-4-11)7-8-13(18)16-14(19)15-9-2-10-17/h3-8,17H,2,9-10H2,1H3,(H2,15,16,18,19). The quantitative estimate of drug-likeness (QED) is 0.433. The van der Waals surface area contributed by atoms with E-state index < -0.39 is 0 Å². The zero-order chi connectivity index (χ0) is 14.1. The molecule has 102 valence electrons. The van der Waals surface area contributed by atoms with Gasteiger partial charge in [0, 0.05) is 19.2 Å². The van der Waals surface area contributed by atoms with Gasteiger partial charge < -0.3 is 10.4 Å². The summed E-state index contributed by atoms with van der Waals surface area (Å²) in [5.74, 6) is -0.276. The zero-order valence-corrected chi connectivity index (χ0v) is 11.7. The maximum atomic E-state index is 11.6. The highest BCUT2D eigenvalue weighted by atomic mass is 32.1. The minimum absolute atomic E-state index is 0.0941. The highest BCUT2D eigenvalue weighted by Gasteiger charge is 1.99. The molecule has 0 aromatic heterocycles. The van der Waals surface area contributed by atoms with Gasteiger partial charge >= 0.3 is 0 Å². The number of carbonyl (C=O) groups excluding carboxylic acids is 1. The average molecular weight is 278 g/mol. The van der Waals surface area contributed by atoms with Crippen molar-refractivity contribution in [2.45, 2.75) is 13.3 Å². The third-order valence-corrected chi connectivity index (χ3v) is 2.61. The lowest BCUT2D eigenvalue weighted by Crippen LogP contribution is -2.38. The van der Waals surface area contributed by atoms with Crippen molar-refractivity contribution in [1.82, 2.24) is 10.6 Å². The lowest BCUT2D eigenvalue weighted by molar-refractivity contribution is -0.115. The Morgan fingerprint density at radius 3 is 2.68 bits per heavy atom. The van der Waals surface area contributed by atoms with Crippen LogP contribution in [0, 0.1) is 6.92 Å². The van der Waals surface area contributed by atoms with Crippen molar-refractivity contribution in [2.75, 3.05) is 13.2 Å². The van der Waals surface area contributed by atoms with Crippen molar-refractivity contribution >= 4 is 29.3 Å². The fraction of sp³-hybridized carbons (Fsp3) is 0.286. The summed E-state index contributed by atoms with van der Waals surface area (Å²) >= 11 is 4.93. The summed E-state index contributed by atoms with van der Waals surface area (Å²) in [6.45, 7) is 2.64. The molecule has 3 N–H and O–H groups in total. The van der Waals surface area contributed by atoms with Crippen LogP contribution in [0.4, 0.5) is 0 Å². The van der Waals surface area contributed by atoms with Crippen molar-refractivity contribution in [3.05, 3.63) is 41.5 Å². The van der Waals surface area contributed by atoms with E-state index in [4.69, 9.17) is 17.3 Å². The normalized spacial score (nSPS) is 10.4. The number of aliphatic hydroxyl groups excluding tert-OH is 1. The van der Waals surface area contributed by atoms with E-state index in [1.807, 2.05) is 31.2 Å². The van der Waals surface area contributed by atoms with Crippen LogP contribution in [0.2, 0.25) is 0 Å². The Morgan fingerprint density at radius 1 is 1.37 bits per heavy atom. The van der Waals surface area contributed by atoms with E-state index in [9.17, 15) is 4.79 Å². The van der Waals surface area contributed by atoms with Crippen LogP contribution in [0.3, 0.4) is 0 Å². The first-order chi connectivity index (χ1) is 9.11. The number of hydrogen-bond acceptors (Lipinski definition) is 3. The largest absolute Gasteiger partial charge is 0.396 e. The lowest BCUT2D eigenvalue weighted by Gasteiger charge is -2.06. The Morgan fingerprint density at radius 2 is 2.05 bits per heavy atom. The Balaban J connectivity index is 2.38. The summed E-state index contributed by atoms with van der Waals surface area (Å²) in [5, 5.41) is 14.2. The molecule has 4 nitrogen and oxygen atoms in total. The number of rotatable bonds is 5. The molecular formula is C14H18N2O2S.